The Balaban J connectivity index is 1.78. The highest BCUT2D eigenvalue weighted by atomic mass is 32.1. The molecule has 0 aliphatic rings. The summed E-state index contributed by atoms with van der Waals surface area (Å²) < 4.78 is 42.4. The summed E-state index contributed by atoms with van der Waals surface area (Å²) in [7, 11) is 0. The van der Waals surface area contributed by atoms with Gasteiger partial charge in [0.15, 0.2) is 11.6 Å². The van der Waals surface area contributed by atoms with Gasteiger partial charge in [0, 0.05) is 28.7 Å². The molecule has 3 aromatic carbocycles. The monoisotopic (exact) mass is 445 g/mol. The molecule has 32 heavy (non-hydrogen) atoms. The Bertz CT molecular complexity index is 1280. The van der Waals surface area contributed by atoms with Crippen molar-refractivity contribution < 1.29 is 13.2 Å². The van der Waals surface area contributed by atoms with Gasteiger partial charge in [-0.3, -0.25) is 0 Å². The molecule has 3 aromatic rings. The summed E-state index contributed by atoms with van der Waals surface area (Å²) in [5.74, 6) is 9.50. The van der Waals surface area contributed by atoms with Crippen molar-refractivity contribution in [3.8, 4) is 34.8 Å². The number of hydrogen-bond donors (Lipinski definition) is 0. The minimum Gasteiger partial charge on any atom is -0.206 e. The van der Waals surface area contributed by atoms with Crippen LogP contribution in [0.5, 0.6) is 0 Å². The van der Waals surface area contributed by atoms with Gasteiger partial charge in [0.2, 0.25) is 0 Å². The van der Waals surface area contributed by atoms with Crippen molar-refractivity contribution in [1.82, 2.24) is 0 Å². The van der Waals surface area contributed by atoms with E-state index in [1.807, 2.05) is 5.16 Å². The van der Waals surface area contributed by atoms with Crippen LogP contribution in [0.4, 0.5) is 18.9 Å². The molecule has 0 aromatic heterocycles. The van der Waals surface area contributed by atoms with Crippen LogP contribution in [0.3, 0.4) is 0 Å². The van der Waals surface area contributed by atoms with Gasteiger partial charge in [-0.25, -0.2) is 13.2 Å². The number of aliphatic imine (C=N–C) groups is 1. The summed E-state index contributed by atoms with van der Waals surface area (Å²) in [4.78, 5) is 3.37. The first-order chi connectivity index (χ1) is 15.5. The van der Waals surface area contributed by atoms with Crippen molar-refractivity contribution in [1.29, 1.82) is 0 Å². The lowest BCUT2D eigenvalue weighted by Gasteiger charge is -2.04. The minimum absolute atomic E-state index is 0.161. The zero-order valence-electron chi connectivity index (χ0n) is 17.3. The Morgan fingerprint density at radius 1 is 0.781 bits per heavy atom. The van der Waals surface area contributed by atoms with Crippen molar-refractivity contribution in [2.75, 3.05) is 0 Å². The Kier molecular flexibility index (Phi) is 8.01. The summed E-state index contributed by atoms with van der Waals surface area (Å²) >= 11 is 4.38. The number of halogens is 3. The second kappa shape index (κ2) is 11.1. The van der Waals surface area contributed by atoms with E-state index in [0.717, 1.165) is 31.4 Å². The van der Waals surface area contributed by atoms with Crippen LogP contribution >= 0.6 is 12.2 Å². The van der Waals surface area contributed by atoms with E-state index in [2.05, 4.69) is 47.8 Å². The number of thiocarbonyl (C=S) groups is 1. The van der Waals surface area contributed by atoms with Crippen LogP contribution in [0.2, 0.25) is 0 Å². The van der Waals surface area contributed by atoms with Crippen molar-refractivity contribution in [2.24, 2.45) is 4.99 Å². The van der Waals surface area contributed by atoms with Gasteiger partial charge in [0.1, 0.15) is 11.5 Å². The lowest BCUT2D eigenvalue weighted by atomic mass is 10.0. The first-order valence-electron chi connectivity index (χ1n) is 9.99. The van der Waals surface area contributed by atoms with Crippen LogP contribution < -0.4 is 0 Å². The molecule has 0 unspecified atom stereocenters. The van der Waals surface area contributed by atoms with E-state index in [1.165, 1.54) is 6.07 Å². The zero-order valence-corrected chi connectivity index (χ0v) is 18.1. The van der Waals surface area contributed by atoms with Crippen molar-refractivity contribution >= 4 is 23.1 Å². The van der Waals surface area contributed by atoms with Gasteiger partial charge in [-0.2, -0.15) is 4.99 Å². The lowest BCUT2D eigenvalue weighted by Crippen LogP contribution is -1.87. The maximum Gasteiger partial charge on any atom is 0.153 e. The predicted molar refractivity (Wildman–Crippen MR) is 125 cm³/mol. The van der Waals surface area contributed by atoms with Gasteiger partial charge in [0.25, 0.3) is 0 Å². The van der Waals surface area contributed by atoms with Crippen LogP contribution in [0.25, 0.3) is 11.1 Å². The number of isothiocyanates is 1. The minimum atomic E-state index is -0.865. The molecule has 0 fully saturated rings. The van der Waals surface area contributed by atoms with Crippen LogP contribution in [-0.2, 0) is 0 Å². The third-order valence-corrected chi connectivity index (χ3v) is 4.67. The summed E-state index contributed by atoms with van der Waals surface area (Å²) in [5, 5.41) is 1.94. The van der Waals surface area contributed by atoms with E-state index in [0.29, 0.717) is 22.3 Å². The molecule has 0 aliphatic carbocycles. The molecule has 0 radical (unpaired) electrons. The normalized spacial score (nSPS) is 9.75. The largest absolute Gasteiger partial charge is 0.206 e. The second-order valence-corrected chi connectivity index (χ2v) is 7.10. The fourth-order valence-electron chi connectivity index (χ4n) is 2.92. The van der Waals surface area contributed by atoms with E-state index in [1.54, 1.807) is 36.4 Å². The smallest absolute Gasteiger partial charge is 0.153 e. The third-order valence-electron chi connectivity index (χ3n) is 4.58. The van der Waals surface area contributed by atoms with Gasteiger partial charge in [-0.05, 0) is 60.6 Å². The van der Waals surface area contributed by atoms with Gasteiger partial charge in [0.05, 0.1) is 5.16 Å². The topological polar surface area (TPSA) is 12.4 Å². The molecular weight excluding hydrogens is 427 g/mol. The fourth-order valence-corrected chi connectivity index (χ4v) is 3.02. The molecule has 158 valence electrons. The van der Waals surface area contributed by atoms with Crippen molar-refractivity contribution in [2.45, 2.75) is 26.2 Å². The molecule has 0 bridgehead atoms. The molecule has 0 spiro atoms. The number of unbranched alkanes of at least 4 members (excludes halogenated alkanes) is 2. The molecule has 0 heterocycles. The van der Waals surface area contributed by atoms with Crippen LogP contribution in [0.1, 0.15) is 42.9 Å². The highest BCUT2D eigenvalue weighted by Gasteiger charge is 2.09. The summed E-state index contributed by atoms with van der Waals surface area (Å²) in [6.45, 7) is 2.10. The Hall–Kier alpha value is -3.63. The first kappa shape index (κ1) is 23.0. The number of nitrogens with zero attached hydrogens (tertiary/aromatic N) is 1. The maximum atomic E-state index is 14.6. The third kappa shape index (κ3) is 5.96. The fraction of sp³-hybridized carbons (Fsp3) is 0.148. The van der Waals surface area contributed by atoms with Crippen LogP contribution in [0.15, 0.2) is 59.6 Å². The molecule has 0 saturated carbocycles. The summed E-state index contributed by atoms with van der Waals surface area (Å²) in [6, 6.07) is 14.0. The van der Waals surface area contributed by atoms with E-state index in [9.17, 15) is 13.2 Å². The molecule has 5 heteroatoms. The van der Waals surface area contributed by atoms with Gasteiger partial charge >= 0.3 is 0 Å². The predicted octanol–water partition coefficient (Wildman–Crippen LogP) is 7.45. The summed E-state index contributed by atoms with van der Waals surface area (Å²) in [6.07, 6.45) is 2.90. The van der Waals surface area contributed by atoms with Crippen LogP contribution in [0, 0.1) is 41.1 Å². The van der Waals surface area contributed by atoms with Crippen molar-refractivity contribution in [3.05, 3.63) is 88.7 Å². The summed E-state index contributed by atoms with van der Waals surface area (Å²) in [5.41, 5.74) is 2.09. The molecule has 0 amide bonds. The number of rotatable bonds is 4. The highest BCUT2D eigenvalue weighted by Crippen LogP contribution is 2.25. The second-order valence-electron chi connectivity index (χ2n) is 6.92. The zero-order chi connectivity index (χ0) is 22.9. The molecule has 1 nitrogen and oxygen atoms in total. The van der Waals surface area contributed by atoms with E-state index in [-0.39, 0.29) is 11.4 Å². The SMILES string of the molecule is CCCCC#Cc1ccc(-c2ccc(C#Cc3cc(F)c(N=C=S)c(F)c3)cc2)c(F)c1. The molecule has 0 N–H and O–H groups in total. The van der Waals surface area contributed by atoms with Gasteiger partial charge < -0.3 is 0 Å². The van der Waals surface area contributed by atoms with Gasteiger partial charge in [-0.1, -0.05) is 55.2 Å². The highest BCUT2D eigenvalue weighted by molar-refractivity contribution is 7.78. The Morgan fingerprint density at radius 2 is 1.41 bits per heavy atom. The van der Waals surface area contributed by atoms with E-state index >= 15 is 0 Å². The standard InChI is InChI=1S/C27H18F3NS/c1-2-3-4-5-6-20-11-14-23(24(28)15-20)22-12-9-19(10-13-22)7-8-21-16-25(29)27(31-18-32)26(30)17-21/h9-17H,2-4H2,1H3. The number of hydrogen-bond acceptors (Lipinski definition) is 2. The molecular formula is C27H18F3NS. The molecule has 0 saturated heterocycles. The Morgan fingerprint density at radius 3 is 2.03 bits per heavy atom. The molecule has 0 atom stereocenters. The van der Waals surface area contributed by atoms with Crippen molar-refractivity contribution in [3.63, 3.8) is 0 Å². The average Bonchev–Trinajstić information content (AvgIpc) is 2.78. The molecule has 0 aliphatic heterocycles. The average molecular weight is 446 g/mol. The van der Waals surface area contributed by atoms with Crippen LogP contribution in [-0.4, -0.2) is 5.16 Å². The molecule has 3 rings (SSSR count). The van der Waals surface area contributed by atoms with E-state index in [4.69, 9.17) is 0 Å². The Labute approximate surface area is 191 Å². The number of benzene rings is 3. The lowest BCUT2D eigenvalue weighted by molar-refractivity contribution is 0.587. The van der Waals surface area contributed by atoms with Gasteiger partial charge in [-0.15, -0.1) is 0 Å². The van der Waals surface area contributed by atoms with E-state index < -0.39 is 17.3 Å². The maximum absolute atomic E-state index is 14.6. The quantitative estimate of drug-likeness (QED) is 0.176. The first-order valence-corrected chi connectivity index (χ1v) is 10.4.